The first kappa shape index (κ1) is 19.6. The predicted molar refractivity (Wildman–Crippen MR) is 105 cm³/mol. The van der Waals surface area contributed by atoms with Crippen molar-refractivity contribution in [3.63, 3.8) is 0 Å². The van der Waals surface area contributed by atoms with E-state index in [4.69, 9.17) is 4.74 Å². The van der Waals surface area contributed by atoms with E-state index in [0.717, 1.165) is 57.2 Å². The Morgan fingerprint density at radius 3 is 2.74 bits per heavy atom. The van der Waals surface area contributed by atoms with Crippen LogP contribution in [0.4, 0.5) is 10.5 Å². The fraction of sp³-hybridized carbons (Fsp3) is 0.600. The molecule has 7 nitrogen and oxygen atoms in total. The molecule has 0 saturated carbocycles. The third-order valence-electron chi connectivity index (χ3n) is 5.31. The Bertz CT molecular complexity index is 660. The lowest BCUT2D eigenvalue weighted by Gasteiger charge is -2.28. The van der Waals surface area contributed by atoms with Crippen LogP contribution in [-0.4, -0.2) is 79.6 Å². The smallest absolute Gasteiger partial charge is 0.321 e. The van der Waals surface area contributed by atoms with E-state index in [2.05, 4.69) is 16.3 Å². The number of carbonyl (C=O) groups is 2. The van der Waals surface area contributed by atoms with Gasteiger partial charge in [0.25, 0.3) is 0 Å². The zero-order chi connectivity index (χ0) is 19.2. The number of morpholine rings is 1. The van der Waals surface area contributed by atoms with Crippen molar-refractivity contribution < 1.29 is 14.3 Å². The van der Waals surface area contributed by atoms with Crippen LogP contribution in [0.5, 0.6) is 0 Å². The van der Waals surface area contributed by atoms with Gasteiger partial charge >= 0.3 is 6.03 Å². The van der Waals surface area contributed by atoms with Gasteiger partial charge in [0.1, 0.15) is 0 Å². The van der Waals surface area contributed by atoms with Gasteiger partial charge in [-0.1, -0.05) is 18.2 Å². The molecule has 148 valence electrons. The lowest BCUT2D eigenvalue weighted by Crippen LogP contribution is -2.37. The largest absolute Gasteiger partial charge is 0.379 e. The molecule has 1 aromatic carbocycles. The van der Waals surface area contributed by atoms with E-state index in [0.29, 0.717) is 13.0 Å². The van der Waals surface area contributed by atoms with E-state index in [1.165, 1.54) is 0 Å². The number of carbonyl (C=O) groups excluding carboxylic acids is 2. The minimum absolute atomic E-state index is 0.133. The number of hydrogen-bond acceptors (Lipinski definition) is 4. The number of rotatable bonds is 6. The number of para-hydroxylation sites is 1. The zero-order valence-electron chi connectivity index (χ0n) is 16.3. The van der Waals surface area contributed by atoms with Crippen LogP contribution in [0.25, 0.3) is 0 Å². The first-order valence-electron chi connectivity index (χ1n) is 9.74. The fourth-order valence-electron chi connectivity index (χ4n) is 3.74. The first-order valence-corrected chi connectivity index (χ1v) is 9.74. The van der Waals surface area contributed by atoms with Crippen LogP contribution < -0.4 is 5.32 Å². The average molecular weight is 374 g/mol. The third kappa shape index (κ3) is 5.20. The molecule has 2 aliphatic heterocycles. The van der Waals surface area contributed by atoms with Gasteiger partial charge in [0.15, 0.2) is 0 Å². The van der Waals surface area contributed by atoms with Crippen molar-refractivity contribution in [1.29, 1.82) is 0 Å². The average Bonchev–Trinajstić information content (AvgIpc) is 3.03. The topological polar surface area (TPSA) is 65.1 Å². The number of ether oxygens (including phenoxy) is 1. The summed E-state index contributed by atoms with van der Waals surface area (Å²) in [6.07, 6.45) is 0.527. The molecule has 2 fully saturated rings. The molecule has 2 saturated heterocycles. The van der Waals surface area contributed by atoms with Crippen LogP contribution in [-0.2, 0) is 16.1 Å². The standard InChI is InChI=1S/C20H30N4O3/c1-3-24-14-16(12-19(24)25)13-22(2)20(26)21-18-7-5-4-6-17(18)15-23-8-10-27-11-9-23/h4-7,16H,3,8-15H2,1-2H3,(H,21,26). The molecule has 7 heteroatoms. The number of hydrogen-bond donors (Lipinski definition) is 1. The summed E-state index contributed by atoms with van der Waals surface area (Å²) in [7, 11) is 1.79. The second-order valence-electron chi connectivity index (χ2n) is 7.36. The summed E-state index contributed by atoms with van der Waals surface area (Å²) in [4.78, 5) is 30.4. The van der Waals surface area contributed by atoms with Gasteiger partial charge in [-0.25, -0.2) is 4.79 Å². The minimum atomic E-state index is -0.133. The number of amides is 3. The maximum atomic E-state index is 12.7. The van der Waals surface area contributed by atoms with Crippen molar-refractivity contribution in [2.45, 2.75) is 19.9 Å². The fourth-order valence-corrected chi connectivity index (χ4v) is 3.74. The number of nitrogens with zero attached hydrogens (tertiary/aromatic N) is 3. The van der Waals surface area contributed by atoms with Crippen molar-refractivity contribution in [2.75, 3.05) is 58.3 Å². The van der Waals surface area contributed by atoms with E-state index in [1.54, 1.807) is 11.9 Å². The van der Waals surface area contributed by atoms with Gasteiger partial charge in [0.05, 0.1) is 13.2 Å². The second kappa shape index (κ2) is 9.19. The van der Waals surface area contributed by atoms with Crippen LogP contribution in [0.1, 0.15) is 18.9 Å². The highest BCUT2D eigenvalue weighted by atomic mass is 16.5. The summed E-state index contributed by atoms with van der Waals surface area (Å²) in [5, 5.41) is 3.04. The van der Waals surface area contributed by atoms with E-state index >= 15 is 0 Å². The molecule has 2 heterocycles. The van der Waals surface area contributed by atoms with E-state index < -0.39 is 0 Å². The highest BCUT2D eigenvalue weighted by molar-refractivity contribution is 5.90. The molecule has 3 amide bonds. The molecular formula is C20H30N4O3. The Kier molecular flexibility index (Phi) is 6.68. The molecule has 1 unspecified atom stereocenters. The monoisotopic (exact) mass is 374 g/mol. The SMILES string of the molecule is CCN1CC(CN(C)C(=O)Nc2ccccc2CN2CCOCC2)CC1=O. The van der Waals surface area contributed by atoms with Gasteiger partial charge in [0, 0.05) is 64.3 Å². The van der Waals surface area contributed by atoms with Gasteiger partial charge < -0.3 is 19.9 Å². The molecule has 1 atom stereocenters. The van der Waals surface area contributed by atoms with Crippen LogP contribution in [0.2, 0.25) is 0 Å². The van der Waals surface area contributed by atoms with Crippen LogP contribution in [0.3, 0.4) is 0 Å². The summed E-state index contributed by atoms with van der Waals surface area (Å²) < 4.78 is 5.40. The normalized spacial score (nSPS) is 20.7. The molecule has 3 rings (SSSR count). The van der Waals surface area contributed by atoms with Gasteiger partial charge in [-0.2, -0.15) is 0 Å². The third-order valence-corrected chi connectivity index (χ3v) is 5.31. The molecule has 0 aromatic heterocycles. The highest BCUT2D eigenvalue weighted by Gasteiger charge is 2.30. The van der Waals surface area contributed by atoms with E-state index in [1.807, 2.05) is 30.0 Å². The summed E-state index contributed by atoms with van der Waals surface area (Å²) in [5.74, 6) is 0.393. The van der Waals surface area contributed by atoms with Crippen molar-refractivity contribution in [3.8, 4) is 0 Å². The summed E-state index contributed by atoms with van der Waals surface area (Å²) in [6, 6.07) is 7.80. The number of benzene rings is 1. The van der Waals surface area contributed by atoms with Crippen molar-refractivity contribution in [1.82, 2.24) is 14.7 Å². The number of urea groups is 1. The molecular weight excluding hydrogens is 344 g/mol. The maximum absolute atomic E-state index is 12.7. The minimum Gasteiger partial charge on any atom is -0.379 e. The van der Waals surface area contributed by atoms with Gasteiger partial charge in [-0.3, -0.25) is 9.69 Å². The Hall–Kier alpha value is -2.12. The lowest BCUT2D eigenvalue weighted by molar-refractivity contribution is -0.127. The van der Waals surface area contributed by atoms with Crippen LogP contribution >= 0.6 is 0 Å². The molecule has 1 N–H and O–H groups in total. The molecule has 0 aliphatic carbocycles. The molecule has 2 aliphatic rings. The summed E-state index contributed by atoms with van der Waals surface area (Å²) in [5.41, 5.74) is 1.95. The van der Waals surface area contributed by atoms with E-state index in [-0.39, 0.29) is 17.9 Å². The predicted octanol–water partition coefficient (Wildman–Crippen LogP) is 1.85. The van der Waals surface area contributed by atoms with Gasteiger partial charge in [-0.05, 0) is 18.6 Å². The zero-order valence-corrected chi connectivity index (χ0v) is 16.3. The van der Waals surface area contributed by atoms with Crippen LogP contribution in [0, 0.1) is 5.92 Å². The van der Waals surface area contributed by atoms with Crippen molar-refractivity contribution in [2.24, 2.45) is 5.92 Å². The van der Waals surface area contributed by atoms with Crippen molar-refractivity contribution >= 4 is 17.6 Å². The Morgan fingerprint density at radius 2 is 2.04 bits per heavy atom. The number of anilines is 1. The highest BCUT2D eigenvalue weighted by Crippen LogP contribution is 2.20. The Morgan fingerprint density at radius 1 is 1.30 bits per heavy atom. The molecule has 0 radical (unpaired) electrons. The number of nitrogens with one attached hydrogen (secondary N) is 1. The van der Waals surface area contributed by atoms with Gasteiger partial charge in [0.2, 0.25) is 5.91 Å². The summed E-state index contributed by atoms with van der Waals surface area (Å²) in [6.45, 7) is 8.17. The Balaban J connectivity index is 1.56. The summed E-state index contributed by atoms with van der Waals surface area (Å²) >= 11 is 0. The number of likely N-dealkylation sites (tertiary alicyclic amines) is 1. The molecule has 0 spiro atoms. The molecule has 1 aromatic rings. The van der Waals surface area contributed by atoms with Crippen molar-refractivity contribution in [3.05, 3.63) is 29.8 Å². The van der Waals surface area contributed by atoms with E-state index in [9.17, 15) is 9.59 Å². The van der Waals surface area contributed by atoms with Crippen LogP contribution in [0.15, 0.2) is 24.3 Å². The molecule has 27 heavy (non-hydrogen) atoms. The lowest BCUT2D eigenvalue weighted by atomic mass is 10.1. The first-order chi connectivity index (χ1) is 13.1. The van der Waals surface area contributed by atoms with Gasteiger partial charge in [-0.15, -0.1) is 0 Å². The quantitative estimate of drug-likeness (QED) is 0.825. The maximum Gasteiger partial charge on any atom is 0.321 e. The molecule has 0 bridgehead atoms. The Labute approximate surface area is 161 Å². The second-order valence-corrected chi connectivity index (χ2v) is 7.36.